The highest BCUT2D eigenvalue weighted by molar-refractivity contribution is 5.72. The van der Waals surface area contributed by atoms with Gasteiger partial charge in [-0.2, -0.15) is 0 Å². The van der Waals surface area contributed by atoms with Crippen LogP contribution in [0.15, 0.2) is 12.1 Å². The van der Waals surface area contributed by atoms with Crippen LogP contribution in [0.5, 0.6) is 5.75 Å². The Balaban J connectivity index is 2.97. The van der Waals surface area contributed by atoms with Crippen LogP contribution >= 0.6 is 0 Å². The highest BCUT2D eigenvalue weighted by Gasteiger charge is 2.22. The number of rotatable bonds is 4. The molecule has 98 valence electrons. The first-order valence-corrected chi connectivity index (χ1v) is 5.37. The van der Waals surface area contributed by atoms with Crippen molar-refractivity contribution in [3.05, 3.63) is 22.2 Å². The van der Waals surface area contributed by atoms with Gasteiger partial charge in [0, 0.05) is 19.2 Å². The lowest BCUT2D eigenvalue weighted by atomic mass is 10.4. The molecule has 1 aromatic heterocycles. The van der Waals surface area contributed by atoms with E-state index in [1.165, 1.54) is 17.0 Å². The van der Waals surface area contributed by atoms with Crippen molar-refractivity contribution < 1.29 is 14.5 Å². The molecule has 0 aliphatic heterocycles. The maximum Gasteiger partial charge on any atom is 0.415 e. The predicted octanol–water partition coefficient (Wildman–Crippen LogP) is 1.41. The van der Waals surface area contributed by atoms with Crippen LogP contribution in [0, 0.1) is 10.1 Å². The van der Waals surface area contributed by atoms with E-state index >= 15 is 0 Å². The topological polar surface area (TPSA) is 112 Å². The number of hydrogen-bond donors (Lipinski definition) is 1. The molecule has 0 aliphatic carbocycles. The minimum absolute atomic E-state index is 0.00987. The largest absolute Gasteiger partial charge is 0.415 e. The monoisotopic (exact) mass is 254 g/mol. The van der Waals surface area contributed by atoms with Gasteiger partial charge >= 0.3 is 11.9 Å². The molecule has 1 amide bonds. The van der Waals surface area contributed by atoms with Crippen LogP contribution in [0.2, 0.25) is 0 Å². The number of nitrogens with two attached hydrogens (primary N) is 1. The number of hydrogen-bond acceptors (Lipinski definition) is 6. The van der Waals surface area contributed by atoms with Gasteiger partial charge in [0.05, 0.1) is 0 Å². The fourth-order valence-electron chi connectivity index (χ4n) is 1.30. The molecule has 0 atom stereocenters. The van der Waals surface area contributed by atoms with E-state index in [4.69, 9.17) is 10.5 Å². The SMILES string of the molecule is CCN(CC)C(=O)Oc1ccc(N)nc1[N+](=O)[O-]. The minimum Gasteiger partial charge on any atom is -0.401 e. The summed E-state index contributed by atoms with van der Waals surface area (Å²) in [6.45, 7) is 4.46. The molecule has 0 unspecified atom stereocenters. The van der Waals surface area contributed by atoms with Crippen molar-refractivity contribution >= 4 is 17.7 Å². The molecule has 0 aromatic carbocycles. The Morgan fingerprint density at radius 1 is 1.50 bits per heavy atom. The lowest BCUT2D eigenvalue weighted by molar-refractivity contribution is -0.390. The lowest BCUT2D eigenvalue weighted by Crippen LogP contribution is -2.33. The lowest BCUT2D eigenvalue weighted by Gasteiger charge is -2.17. The van der Waals surface area contributed by atoms with E-state index in [1.807, 2.05) is 0 Å². The summed E-state index contributed by atoms with van der Waals surface area (Å²) in [6.07, 6.45) is -0.658. The molecule has 0 spiro atoms. The van der Waals surface area contributed by atoms with Gasteiger partial charge in [-0.1, -0.05) is 0 Å². The molecule has 8 nitrogen and oxygen atoms in total. The summed E-state index contributed by atoms with van der Waals surface area (Å²) in [5, 5.41) is 10.7. The molecule has 0 saturated carbocycles. The normalized spacial score (nSPS) is 9.89. The molecule has 1 aromatic rings. The molecule has 2 N–H and O–H groups in total. The predicted molar refractivity (Wildman–Crippen MR) is 64.2 cm³/mol. The van der Waals surface area contributed by atoms with E-state index in [9.17, 15) is 14.9 Å². The molecule has 1 rings (SSSR count). The van der Waals surface area contributed by atoms with Gasteiger partial charge in [0.15, 0.2) is 0 Å². The summed E-state index contributed by atoms with van der Waals surface area (Å²) in [5.74, 6) is -0.800. The smallest absolute Gasteiger partial charge is 0.401 e. The third-order valence-electron chi connectivity index (χ3n) is 2.25. The number of aromatic nitrogens is 1. The average Bonchev–Trinajstić information content (AvgIpc) is 2.32. The highest BCUT2D eigenvalue weighted by atomic mass is 16.6. The van der Waals surface area contributed by atoms with Crippen LogP contribution in [0.25, 0.3) is 0 Å². The summed E-state index contributed by atoms with van der Waals surface area (Å²) in [4.78, 5) is 26.6. The van der Waals surface area contributed by atoms with Gasteiger partial charge in [0.25, 0.3) is 0 Å². The van der Waals surface area contributed by atoms with E-state index < -0.39 is 16.8 Å². The van der Waals surface area contributed by atoms with Gasteiger partial charge in [-0.25, -0.2) is 4.79 Å². The zero-order valence-electron chi connectivity index (χ0n) is 10.1. The minimum atomic E-state index is -0.749. The molecular weight excluding hydrogens is 240 g/mol. The summed E-state index contributed by atoms with van der Waals surface area (Å²) >= 11 is 0. The Labute approximate surface area is 104 Å². The first-order chi connectivity index (χ1) is 8.49. The van der Waals surface area contributed by atoms with Crippen molar-refractivity contribution in [3.63, 3.8) is 0 Å². The number of nitro groups is 1. The summed E-state index contributed by atoms with van der Waals surface area (Å²) in [7, 11) is 0. The van der Waals surface area contributed by atoms with E-state index in [1.54, 1.807) is 13.8 Å². The van der Waals surface area contributed by atoms with Gasteiger partial charge in [-0.05, 0) is 29.8 Å². The van der Waals surface area contributed by atoms with Crippen LogP contribution in [0.4, 0.5) is 16.4 Å². The fourth-order valence-corrected chi connectivity index (χ4v) is 1.30. The number of carbonyl (C=O) groups excluding carboxylic acids is 1. The number of ether oxygens (including phenoxy) is 1. The van der Waals surface area contributed by atoms with Gasteiger partial charge in [0.1, 0.15) is 0 Å². The Bertz CT molecular complexity index is 459. The fraction of sp³-hybridized carbons (Fsp3) is 0.400. The highest BCUT2D eigenvalue weighted by Crippen LogP contribution is 2.25. The van der Waals surface area contributed by atoms with Crippen LogP contribution in [0.1, 0.15) is 13.8 Å². The number of anilines is 1. The number of nitrogens with zero attached hydrogens (tertiary/aromatic N) is 3. The molecule has 8 heteroatoms. The van der Waals surface area contributed by atoms with Crippen molar-refractivity contribution in [1.29, 1.82) is 0 Å². The Morgan fingerprint density at radius 3 is 2.61 bits per heavy atom. The second-order valence-corrected chi connectivity index (χ2v) is 3.36. The van der Waals surface area contributed by atoms with Gasteiger partial charge in [-0.3, -0.25) is 0 Å². The van der Waals surface area contributed by atoms with Crippen LogP contribution in [0.3, 0.4) is 0 Å². The molecule has 18 heavy (non-hydrogen) atoms. The third kappa shape index (κ3) is 3.06. The number of nitrogen functional groups attached to an aromatic ring is 1. The first-order valence-electron chi connectivity index (χ1n) is 5.37. The van der Waals surface area contributed by atoms with Crippen molar-refractivity contribution in [2.45, 2.75) is 13.8 Å². The van der Waals surface area contributed by atoms with E-state index in [-0.39, 0.29) is 11.6 Å². The van der Waals surface area contributed by atoms with Gasteiger partial charge < -0.3 is 25.5 Å². The quantitative estimate of drug-likeness (QED) is 0.642. The molecule has 0 fully saturated rings. The van der Waals surface area contributed by atoms with Crippen molar-refractivity contribution in [1.82, 2.24) is 9.88 Å². The molecule has 1 heterocycles. The molecule has 0 radical (unpaired) electrons. The maximum absolute atomic E-state index is 11.7. The van der Waals surface area contributed by atoms with E-state index in [0.717, 1.165) is 0 Å². The second-order valence-electron chi connectivity index (χ2n) is 3.36. The Morgan fingerprint density at radius 2 is 2.11 bits per heavy atom. The maximum atomic E-state index is 11.7. The van der Waals surface area contributed by atoms with Crippen molar-refractivity contribution in [2.75, 3.05) is 18.8 Å². The van der Waals surface area contributed by atoms with Gasteiger partial charge in [-0.15, -0.1) is 0 Å². The summed E-state index contributed by atoms with van der Waals surface area (Å²) < 4.78 is 4.93. The van der Waals surface area contributed by atoms with Crippen molar-refractivity contribution in [2.24, 2.45) is 0 Å². The Kier molecular flexibility index (Phi) is 4.41. The number of pyridine rings is 1. The molecule has 0 aliphatic rings. The third-order valence-corrected chi connectivity index (χ3v) is 2.25. The molecule has 0 bridgehead atoms. The standard InChI is InChI=1S/C10H14N4O4/c1-3-13(4-2)10(15)18-7-5-6-8(11)12-9(7)14(16)17/h5-6H,3-4H2,1-2H3,(H2,11,12). The molecular formula is C10H14N4O4. The molecule has 0 saturated heterocycles. The first kappa shape index (κ1) is 13.7. The summed E-state index contributed by atoms with van der Waals surface area (Å²) in [5.41, 5.74) is 5.34. The number of carbonyl (C=O) groups is 1. The van der Waals surface area contributed by atoms with Crippen LogP contribution < -0.4 is 10.5 Å². The zero-order chi connectivity index (χ0) is 13.7. The average molecular weight is 254 g/mol. The summed E-state index contributed by atoms with van der Waals surface area (Å²) in [6, 6.07) is 2.58. The van der Waals surface area contributed by atoms with Crippen LogP contribution in [-0.2, 0) is 0 Å². The Hall–Kier alpha value is -2.38. The number of amides is 1. The van der Waals surface area contributed by atoms with Gasteiger partial charge in [0.2, 0.25) is 11.6 Å². The van der Waals surface area contributed by atoms with E-state index in [0.29, 0.717) is 13.1 Å². The van der Waals surface area contributed by atoms with Crippen LogP contribution in [-0.4, -0.2) is 34.0 Å². The zero-order valence-corrected chi connectivity index (χ0v) is 10.1. The van der Waals surface area contributed by atoms with Crippen molar-refractivity contribution in [3.8, 4) is 5.75 Å². The van der Waals surface area contributed by atoms with E-state index in [2.05, 4.69) is 4.98 Å². The second kappa shape index (κ2) is 5.80.